The highest BCUT2D eigenvalue weighted by atomic mass is 19.1. The van der Waals surface area contributed by atoms with Gasteiger partial charge in [0.15, 0.2) is 0 Å². The number of anilines is 1. The van der Waals surface area contributed by atoms with Gasteiger partial charge in [-0.3, -0.25) is 14.4 Å². The van der Waals surface area contributed by atoms with Crippen molar-refractivity contribution < 1.29 is 33.4 Å². The number of aryl methyl sites for hydroxylation is 1. The summed E-state index contributed by atoms with van der Waals surface area (Å²) < 4.78 is 27.0. The lowest BCUT2D eigenvalue weighted by Crippen LogP contribution is -2.46. The van der Waals surface area contributed by atoms with Gasteiger partial charge in [0.25, 0.3) is 5.91 Å². The fourth-order valence-electron chi connectivity index (χ4n) is 6.95. The molecule has 2 N–H and O–H groups in total. The van der Waals surface area contributed by atoms with E-state index in [0.717, 1.165) is 12.8 Å². The fraction of sp³-hybridized carbons (Fsp3) is 0.545. The standard InChI is InChI=1S/C33H42FN3O6/c1-20-14-22(28(34)16-29(20)35-32(39)27-17-36(2)30-7-5-4-6-26(27)30)15-31(38)37-23(18-42-3)10-11-24(37)19-43-25-12-8-21(9-13-25)33(40)41/h4-7,14,16-17,21,23-26,30H,8-13,15,18-19H2,1-3H3,(H,35,39)(H,40,41)/t21?,23-,24+,25?,26+,30?/m1/s1. The molecular formula is C33H42FN3O6. The number of likely N-dealkylation sites (N-methyl/N-ethyl adjacent to an activating group) is 1. The Kier molecular flexibility index (Phi) is 9.66. The maximum absolute atomic E-state index is 15.4. The van der Waals surface area contributed by atoms with E-state index >= 15 is 4.39 Å². The minimum Gasteiger partial charge on any atom is -0.481 e. The first-order chi connectivity index (χ1) is 20.7. The van der Waals surface area contributed by atoms with Crippen LogP contribution in [-0.2, 0) is 30.3 Å². The molecule has 2 fully saturated rings. The van der Waals surface area contributed by atoms with Crippen molar-refractivity contribution >= 4 is 23.5 Å². The van der Waals surface area contributed by atoms with Crippen LogP contribution in [0.2, 0.25) is 0 Å². The number of allylic oxidation sites excluding steroid dienone is 2. The molecule has 2 amide bonds. The molecule has 1 unspecified atom stereocenters. The van der Waals surface area contributed by atoms with Gasteiger partial charge in [0, 0.05) is 37.5 Å². The molecule has 4 atom stereocenters. The van der Waals surface area contributed by atoms with Crippen LogP contribution < -0.4 is 5.32 Å². The smallest absolute Gasteiger partial charge is 0.306 e. The Morgan fingerprint density at radius 1 is 1.02 bits per heavy atom. The van der Waals surface area contributed by atoms with Crippen molar-refractivity contribution in [2.45, 2.75) is 76.1 Å². The van der Waals surface area contributed by atoms with Gasteiger partial charge in [-0.25, -0.2) is 4.39 Å². The van der Waals surface area contributed by atoms with Gasteiger partial charge in [-0.15, -0.1) is 0 Å². The molecule has 5 rings (SSSR count). The van der Waals surface area contributed by atoms with Gasteiger partial charge in [-0.05, 0) is 62.6 Å². The van der Waals surface area contributed by atoms with E-state index in [0.29, 0.717) is 55.7 Å². The van der Waals surface area contributed by atoms with Crippen LogP contribution in [0.1, 0.15) is 49.7 Å². The first-order valence-corrected chi connectivity index (χ1v) is 15.2. The van der Waals surface area contributed by atoms with Crippen LogP contribution in [0, 0.1) is 24.6 Å². The van der Waals surface area contributed by atoms with Gasteiger partial charge in [0.1, 0.15) is 5.82 Å². The summed E-state index contributed by atoms with van der Waals surface area (Å²) in [5.74, 6) is -2.14. The van der Waals surface area contributed by atoms with E-state index in [2.05, 4.69) is 11.4 Å². The van der Waals surface area contributed by atoms with Crippen LogP contribution in [0.15, 0.2) is 48.2 Å². The first kappa shape index (κ1) is 30.9. The zero-order chi connectivity index (χ0) is 30.7. The van der Waals surface area contributed by atoms with Crippen LogP contribution >= 0.6 is 0 Å². The van der Waals surface area contributed by atoms with Crippen molar-refractivity contribution in [3.8, 4) is 0 Å². The van der Waals surface area contributed by atoms with Gasteiger partial charge >= 0.3 is 5.97 Å². The molecule has 1 aromatic rings. The predicted octanol–water partition coefficient (Wildman–Crippen LogP) is 4.22. The second-order valence-electron chi connectivity index (χ2n) is 12.2. The molecule has 0 spiro atoms. The molecule has 0 bridgehead atoms. The van der Waals surface area contributed by atoms with Gasteiger partial charge in [-0.2, -0.15) is 0 Å². The Bertz CT molecular complexity index is 1320. The number of benzene rings is 1. The van der Waals surface area contributed by atoms with Crippen molar-refractivity contribution in [1.82, 2.24) is 9.80 Å². The molecule has 1 saturated heterocycles. The van der Waals surface area contributed by atoms with Gasteiger partial charge in [0.05, 0.1) is 49.8 Å². The number of aliphatic carboxylic acids is 1. The number of carbonyl (C=O) groups is 3. The molecule has 0 aromatic heterocycles. The van der Waals surface area contributed by atoms with Crippen molar-refractivity contribution in [1.29, 1.82) is 0 Å². The lowest BCUT2D eigenvalue weighted by Gasteiger charge is -2.32. The van der Waals surface area contributed by atoms with Crippen LogP contribution in [0.4, 0.5) is 10.1 Å². The summed E-state index contributed by atoms with van der Waals surface area (Å²) >= 11 is 0. The van der Waals surface area contributed by atoms with Gasteiger partial charge < -0.3 is 29.7 Å². The zero-order valence-electron chi connectivity index (χ0n) is 25.1. The van der Waals surface area contributed by atoms with E-state index < -0.39 is 11.8 Å². The Morgan fingerprint density at radius 2 is 1.72 bits per heavy atom. The molecular weight excluding hydrogens is 553 g/mol. The highest BCUT2D eigenvalue weighted by molar-refractivity contribution is 6.05. The minimum atomic E-state index is -0.752. The number of hydrogen-bond acceptors (Lipinski definition) is 6. The summed E-state index contributed by atoms with van der Waals surface area (Å²) in [5.41, 5.74) is 1.94. The maximum Gasteiger partial charge on any atom is 0.306 e. The molecule has 2 aliphatic heterocycles. The molecule has 4 aliphatic rings. The number of halogens is 1. The third-order valence-electron chi connectivity index (χ3n) is 9.34. The minimum absolute atomic E-state index is 0.0197. The van der Waals surface area contributed by atoms with E-state index in [4.69, 9.17) is 9.47 Å². The lowest BCUT2D eigenvalue weighted by molar-refractivity contribution is -0.144. The summed E-state index contributed by atoms with van der Waals surface area (Å²) in [6.45, 7) is 2.54. The molecule has 10 heteroatoms. The summed E-state index contributed by atoms with van der Waals surface area (Å²) in [6.07, 6.45) is 13.7. The number of carbonyl (C=O) groups excluding carboxylic acids is 2. The van der Waals surface area contributed by atoms with E-state index in [1.807, 2.05) is 36.4 Å². The Labute approximate surface area is 252 Å². The van der Waals surface area contributed by atoms with Gasteiger partial charge in [0.2, 0.25) is 5.91 Å². The fourth-order valence-corrected chi connectivity index (χ4v) is 6.95. The molecule has 1 saturated carbocycles. The second-order valence-corrected chi connectivity index (χ2v) is 12.2. The van der Waals surface area contributed by atoms with E-state index in [1.54, 1.807) is 25.0 Å². The molecule has 9 nitrogen and oxygen atoms in total. The molecule has 43 heavy (non-hydrogen) atoms. The van der Waals surface area contributed by atoms with Crippen LogP contribution in [-0.4, -0.2) is 84.3 Å². The number of nitrogens with zero attached hydrogens (tertiary/aromatic N) is 2. The average Bonchev–Trinajstić information content (AvgIpc) is 3.55. The van der Waals surface area contributed by atoms with Crippen molar-refractivity contribution in [2.24, 2.45) is 11.8 Å². The van der Waals surface area contributed by atoms with Crippen LogP contribution in [0.25, 0.3) is 0 Å². The third-order valence-corrected chi connectivity index (χ3v) is 9.34. The number of carboxylic acids is 1. The van der Waals surface area contributed by atoms with E-state index in [-0.39, 0.29) is 59.9 Å². The van der Waals surface area contributed by atoms with Crippen molar-refractivity contribution in [2.75, 3.05) is 32.7 Å². The highest BCUT2D eigenvalue weighted by Gasteiger charge is 2.38. The first-order valence-electron chi connectivity index (χ1n) is 15.2. The van der Waals surface area contributed by atoms with E-state index in [1.165, 1.54) is 6.07 Å². The summed E-state index contributed by atoms with van der Waals surface area (Å²) in [6, 6.07) is 2.75. The molecule has 2 aliphatic carbocycles. The molecule has 0 radical (unpaired) electrons. The van der Waals surface area contributed by atoms with E-state index in [9.17, 15) is 19.5 Å². The number of ether oxygens (including phenoxy) is 2. The lowest BCUT2D eigenvalue weighted by atomic mass is 9.87. The second kappa shape index (κ2) is 13.4. The topological polar surface area (TPSA) is 108 Å². The normalized spacial score (nSPS) is 28.1. The summed E-state index contributed by atoms with van der Waals surface area (Å²) in [7, 11) is 3.53. The Balaban J connectivity index is 1.22. The number of likely N-dealkylation sites (tertiary alicyclic amines) is 1. The van der Waals surface area contributed by atoms with Crippen molar-refractivity contribution in [3.05, 3.63) is 65.2 Å². The van der Waals surface area contributed by atoms with Crippen LogP contribution in [0.3, 0.4) is 0 Å². The highest BCUT2D eigenvalue weighted by Crippen LogP contribution is 2.34. The average molecular weight is 596 g/mol. The number of rotatable bonds is 10. The van der Waals surface area contributed by atoms with Crippen molar-refractivity contribution in [3.63, 3.8) is 0 Å². The number of fused-ring (bicyclic) bond motifs is 1. The number of nitrogens with one attached hydrogen (secondary N) is 1. The molecule has 1 aromatic carbocycles. The number of carboxylic acid groups (broad SMARTS) is 1. The number of amides is 2. The number of hydrogen-bond donors (Lipinski definition) is 2. The number of methoxy groups -OCH3 is 1. The maximum atomic E-state index is 15.4. The summed E-state index contributed by atoms with van der Waals surface area (Å²) in [4.78, 5) is 41.9. The Morgan fingerprint density at radius 3 is 2.42 bits per heavy atom. The monoisotopic (exact) mass is 595 g/mol. The molecule has 2 heterocycles. The van der Waals surface area contributed by atoms with Gasteiger partial charge in [-0.1, -0.05) is 30.4 Å². The quantitative estimate of drug-likeness (QED) is 0.417. The van der Waals surface area contributed by atoms with Crippen LogP contribution in [0.5, 0.6) is 0 Å². The molecule has 232 valence electrons. The SMILES string of the molecule is COC[C@H]1CC[C@@H](COC2CCC(C(=O)O)CC2)N1C(=O)Cc1cc(C)c(NC(=O)C2=CN(C)C3C=CC=C[C@@H]23)cc1F. The Hall–Kier alpha value is -3.50. The summed E-state index contributed by atoms with van der Waals surface area (Å²) in [5, 5.41) is 12.1. The zero-order valence-corrected chi connectivity index (χ0v) is 25.1. The largest absolute Gasteiger partial charge is 0.481 e. The predicted molar refractivity (Wildman–Crippen MR) is 160 cm³/mol. The third kappa shape index (κ3) is 6.86.